The Labute approximate surface area is 309 Å². The molecule has 24 heteroatoms. The van der Waals surface area contributed by atoms with Crippen LogP contribution in [-0.4, -0.2) is 124 Å². The molecule has 0 aliphatic rings. The molecule has 2 unspecified atom stereocenters. The summed E-state index contributed by atoms with van der Waals surface area (Å²) in [4.78, 5) is 0. The van der Waals surface area contributed by atoms with Gasteiger partial charge in [0.1, 0.15) is 0 Å². The first-order valence-electron chi connectivity index (χ1n) is 14.4. The normalized spacial score (nSPS) is 16.1. The minimum Gasteiger partial charge on any atom is -0.396 e. The molecule has 0 radical (unpaired) electrons. The van der Waals surface area contributed by atoms with Gasteiger partial charge in [0.25, 0.3) is 0 Å². The number of hydrogen-bond donors (Lipinski definition) is 2. The summed E-state index contributed by atoms with van der Waals surface area (Å²) >= 11 is 0. The van der Waals surface area contributed by atoms with Gasteiger partial charge in [0.2, 0.25) is 0 Å². The number of rotatable bonds is 24. The third kappa shape index (κ3) is 15.6. The van der Waals surface area contributed by atoms with Gasteiger partial charge in [-0.05, 0) is 0 Å². The molecule has 2 N–H and O–H groups in total. The predicted octanol–water partition coefficient (Wildman–Crippen LogP) is 10.3. The average molecular weight is 865 g/mol. The van der Waals surface area contributed by atoms with Crippen molar-refractivity contribution in [2.75, 3.05) is 66.1 Å². The molecule has 2 atom stereocenters. The molecule has 340 valence electrons. The molecule has 0 aromatic heterocycles. The van der Waals surface area contributed by atoms with Gasteiger partial charge < -0.3 is 29.2 Å². The zero-order chi connectivity index (χ0) is 40.8. The van der Waals surface area contributed by atoms with Crippen LogP contribution in [0.4, 0.5) is 79.0 Å². The molecule has 0 aromatic rings. The Morgan fingerprint density at radius 2 is 0.600 bits per heavy atom. The largest absolute Gasteiger partial charge is 0.460 e. The van der Waals surface area contributed by atoms with E-state index in [4.69, 9.17) is 18.9 Å². The average Bonchev–Trinajstić information content (AvgIpc) is 2.95. The molecule has 6 nitrogen and oxygen atoms in total. The van der Waals surface area contributed by atoms with Gasteiger partial charge in [-0.2, -0.15) is 79.0 Å². The summed E-state index contributed by atoms with van der Waals surface area (Å²) in [5.41, 5.74) is -3.81. The van der Waals surface area contributed by atoms with E-state index in [2.05, 4.69) is 0 Å². The predicted molar refractivity (Wildman–Crippen MR) is 165 cm³/mol. The van der Waals surface area contributed by atoms with Gasteiger partial charge in [-0.3, -0.25) is 0 Å². The maximum atomic E-state index is 13.7. The number of aliphatic hydroxyl groups is 2. The second-order valence-corrected chi connectivity index (χ2v) is 13.4. The molecular weight excluding hydrogens is 810 g/mol. The molecule has 0 bridgehead atoms. The number of ether oxygens (including phenoxy) is 4. The Balaban J connectivity index is -0.00000208. The van der Waals surface area contributed by atoms with Crippen molar-refractivity contribution in [2.24, 2.45) is 16.2 Å². The van der Waals surface area contributed by atoms with Crippen LogP contribution >= 0.6 is 0 Å². The number of hydrogen-bond acceptors (Lipinski definition) is 6. The number of aliphatic hydroxyl groups excluding tert-OH is 2. The summed E-state index contributed by atoms with van der Waals surface area (Å²) in [5.74, 6) is -39.5. The molecular formula is C31H54F18O6. The minimum absolute atomic E-state index is 0. The van der Waals surface area contributed by atoms with Crippen LogP contribution in [0.1, 0.15) is 70.2 Å². The van der Waals surface area contributed by atoms with E-state index in [1.807, 2.05) is 0 Å². The molecule has 0 saturated heterocycles. The van der Waals surface area contributed by atoms with Gasteiger partial charge in [0.05, 0.1) is 66.1 Å². The number of halogens is 18. The van der Waals surface area contributed by atoms with Crippen LogP contribution in [0, 0.1) is 16.2 Å². The van der Waals surface area contributed by atoms with Crippen molar-refractivity contribution in [3.8, 4) is 0 Å². The highest BCUT2D eigenvalue weighted by Crippen LogP contribution is 2.55. The second kappa shape index (κ2) is 21.5. The monoisotopic (exact) mass is 864 g/mol. The summed E-state index contributed by atoms with van der Waals surface area (Å²) in [6, 6.07) is 0. The molecule has 0 spiro atoms. The lowest BCUT2D eigenvalue weighted by atomic mass is 9.92. The first-order valence-corrected chi connectivity index (χ1v) is 14.4. The van der Waals surface area contributed by atoms with E-state index >= 15 is 0 Å². The molecule has 55 heavy (non-hydrogen) atoms. The molecule has 0 aliphatic heterocycles. The van der Waals surface area contributed by atoms with Gasteiger partial charge in [0.15, 0.2) is 0 Å². The Bertz CT molecular complexity index is 989. The highest BCUT2D eigenvalue weighted by atomic mass is 19.4. The molecule has 0 fully saturated rings. The molecule has 0 aliphatic carbocycles. The second-order valence-electron chi connectivity index (χ2n) is 13.4. The summed E-state index contributed by atoms with van der Waals surface area (Å²) in [7, 11) is 0. The standard InChI is InChI=1S/C27H38F18O6.4CH4/c1-17(2,11-50-15-18(3,9-46)13-48-7-5-20(28,29)22(32,33)24(36,37)26(40,41)42)12-51-16-19(4,10-47)14-49-8-6-21(30,31)23(34,35)25(38,39)27(43,44)45;;;;/h46-47H,5-16H2,1-4H3;4*1H4. The van der Waals surface area contributed by atoms with Crippen molar-refractivity contribution in [1.29, 1.82) is 0 Å². The summed E-state index contributed by atoms with van der Waals surface area (Å²) in [5, 5.41) is 19.3. The van der Waals surface area contributed by atoms with E-state index in [9.17, 15) is 89.2 Å². The molecule has 0 rings (SSSR count). The van der Waals surface area contributed by atoms with Crippen LogP contribution in [-0.2, 0) is 18.9 Å². The Morgan fingerprint density at radius 3 is 0.818 bits per heavy atom. The van der Waals surface area contributed by atoms with E-state index in [1.54, 1.807) is 0 Å². The van der Waals surface area contributed by atoms with Crippen molar-refractivity contribution >= 4 is 0 Å². The van der Waals surface area contributed by atoms with Gasteiger partial charge in [-0.15, -0.1) is 0 Å². The highest BCUT2D eigenvalue weighted by Gasteiger charge is 2.82. The van der Waals surface area contributed by atoms with Crippen molar-refractivity contribution in [3.05, 3.63) is 0 Å². The van der Waals surface area contributed by atoms with E-state index in [1.165, 1.54) is 27.7 Å². The van der Waals surface area contributed by atoms with Crippen molar-refractivity contribution in [1.82, 2.24) is 0 Å². The van der Waals surface area contributed by atoms with Crippen molar-refractivity contribution < 1.29 is 108 Å². The van der Waals surface area contributed by atoms with Crippen molar-refractivity contribution in [3.63, 3.8) is 0 Å². The van der Waals surface area contributed by atoms with E-state index in [0.29, 0.717) is 0 Å². The first kappa shape index (κ1) is 62.7. The van der Waals surface area contributed by atoms with Crippen LogP contribution in [0.5, 0.6) is 0 Å². The Morgan fingerprint density at radius 1 is 0.364 bits per heavy atom. The lowest BCUT2D eigenvalue weighted by Crippen LogP contribution is -2.61. The fraction of sp³-hybridized carbons (Fsp3) is 1.00. The zero-order valence-corrected chi connectivity index (χ0v) is 27.3. The smallest absolute Gasteiger partial charge is 0.396 e. The molecule has 0 saturated carbocycles. The molecule has 0 heterocycles. The SMILES string of the molecule is C.C.C.C.CC(C)(COCC(C)(CO)COCCC(F)(F)C(F)(F)C(F)(F)C(F)(F)F)COCC(C)(CO)COCCC(F)(F)C(F)(F)C(F)(F)C(F)(F)F. The fourth-order valence-corrected chi connectivity index (χ4v) is 3.62. The van der Waals surface area contributed by atoms with Crippen LogP contribution in [0.2, 0.25) is 0 Å². The van der Waals surface area contributed by atoms with Crippen LogP contribution in [0.15, 0.2) is 0 Å². The summed E-state index contributed by atoms with van der Waals surface area (Å²) in [6.45, 7) is -1.59. The number of alkyl halides is 18. The zero-order valence-electron chi connectivity index (χ0n) is 27.3. The summed E-state index contributed by atoms with van der Waals surface area (Å²) < 4.78 is 254. The third-order valence-electron chi connectivity index (χ3n) is 7.09. The van der Waals surface area contributed by atoms with Gasteiger partial charge in [0, 0.05) is 29.1 Å². The van der Waals surface area contributed by atoms with Crippen LogP contribution in [0.25, 0.3) is 0 Å². The van der Waals surface area contributed by atoms with Gasteiger partial charge in [-0.25, -0.2) is 0 Å². The van der Waals surface area contributed by atoms with Crippen LogP contribution in [0.3, 0.4) is 0 Å². The van der Waals surface area contributed by atoms with Crippen molar-refractivity contribution in [2.45, 2.75) is 118 Å². The maximum Gasteiger partial charge on any atom is 0.460 e. The highest BCUT2D eigenvalue weighted by molar-refractivity contribution is 5.01. The molecule has 0 aromatic carbocycles. The lowest BCUT2D eigenvalue weighted by molar-refractivity contribution is -0.397. The first-order chi connectivity index (χ1) is 22.4. The Kier molecular flexibility index (Phi) is 24.5. The Hall–Kier alpha value is -1.50. The maximum absolute atomic E-state index is 13.7. The quantitative estimate of drug-likeness (QED) is 0.0744. The summed E-state index contributed by atoms with van der Waals surface area (Å²) in [6.07, 6.45) is -18.5. The van der Waals surface area contributed by atoms with E-state index in [0.717, 1.165) is 0 Å². The molecule has 0 amide bonds. The van der Waals surface area contributed by atoms with E-state index < -0.39 is 130 Å². The van der Waals surface area contributed by atoms with Crippen LogP contribution < -0.4 is 0 Å². The van der Waals surface area contributed by atoms with E-state index in [-0.39, 0.29) is 42.9 Å². The lowest BCUT2D eigenvalue weighted by Gasteiger charge is -2.34. The third-order valence-corrected chi connectivity index (χ3v) is 7.09. The topological polar surface area (TPSA) is 77.4 Å². The minimum atomic E-state index is -7.06. The van der Waals surface area contributed by atoms with Gasteiger partial charge in [-0.1, -0.05) is 57.4 Å². The van der Waals surface area contributed by atoms with Gasteiger partial charge >= 0.3 is 47.9 Å². The fourth-order valence-electron chi connectivity index (χ4n) is 3.62.